The van der Waals surface area contributed by atoms with E-state index in [4.69, 9.17) is 0 Å². The molecule has 1 unspecified atom stereocenters. The van der Waals surface area contributed by atoms with Gasteiger partial charge in [-0.05, 0) is 63.3 Å². The maximum Gasteiger partial charge on any atom is 0.191 e. The molecule has 2 N–H and O–H groups in total. The number of benzene rings is 1. The number of nitrogens with zero attached hydrogens (tertiary/aromatic N) is 2. The van der Waals surface area contributed by atoms with E-state index < -0.39 is 9.84 Å². The van der Waals surface area contributed by atoms with E-state index >= 15 is 0 Å². The summed E-state index contributed by atoms with van der Waals surface area (Å²) in [6.45, 7) is 12.4. The molecule has 0 radical (unpaired) electrons. The summed E-state index contributed by atoms with van der Waals surface area (Å²) < 4.78 is 23.5. The zero-order valence-electron chi connectivity index (χ0n) is 18.2. The number of sulfone groups is 1. The molecule has 6 nitrogen and oxygen atoms in total. The molecule has 0 amide bonds. The van der Waals surface area contributed by atoms with Crippen molar-refractivity contribution in [2.24, 2.45) is 10.9 Å². The molecule has 158 valence electrons. The van der Waals surface area contributed by atoms with Crippen LogP contribution in [0.1, 0.15) is 44.7 Å². The summed E-state index contributed by atoms with van der Waals surface area (Å²) in [5, 5.41) is 6.77. The SMILES string of the molecule is CN=C(NCc1ccc(S(C)(=O)=O)c(C)c1)NCC(C)(C)N1CCCC(C)C1. The van der Waals surface area contributed by atoms with Gasteiger partial charge in [0.1, 0.15) is 0 Å². The minimum absolute atomic E-state index is 0.0556. The van der Waals surface area contributed by atoms with E-state index in [2.05, 4.69) is 41.3 Å². The standard InChI is InChI=1S/C21H36N4O2S/c1-16-8-7-11-25(14-16)21(3,4)15-24-20(22-5)23-13-18-9-10-19(17(2)12-18)28(6,26)27/h9-10,12,16H,7-8,11,13-15H2,1-6H3,(H2,22,23,24). The Morgan fingerprint density at radius 3 is 2.61 bits per heavy atom. The van der Waals surface area contributed by atoms with Crippen molar-refractivity contribution in [2.75, 3.05) is 32.9 Å². The van der Waals surface area contributed by atoms with E-state index in [1.807, 2.05) is 19.1 Å². The van der Waals surface area contributed by atoms with Crippen molar-refractivity contribution in [3.63, 3.8) is 0 Å². The highest BCUT2D eigenvalue weighted by molar-refractivity contribution is 7.90. The molecule has 0 saturated carbocycles. The number of nitrogens with one attached hydrogen (secondary N) is 2. The van der Waals surface area contributed by atoms with Gasteiger partial charge in [-0.2, -0.15) is 0 Å². The third-order valence-corrected chi connectivity index (χ3v) is 6.78. The maximum atomic E-state index is 11.8. The summed E-state index contributed by atoms with van der Waals surface area (Å²) in [6, 6.07) is 5.44. The van der Waals surface area contributed by atoms with Crippen LogP contribution in [-0.2, 0) is 16.4 Å². The van der Waals surface area contributed by atoms with Crippen LogP contribution < -0.4 is 10.6 Å². The average molecular weight is 409 g/mol. The van der Waals surface area contributed by atoms with Gasteiger partial charge in [0.2, 0.25) is 0 Å². The lowest BCUT2D eigenvalue weighted by Gasteiger charge is -2.43. The second-order valence-corrected chi connectivity index (χ2v) is 10.6. The normalized spacial score (nSPS) is 19.5. The van der Waals surface area contributed by atoms with Gasteiger partial charge < -0.3 is 10.6 Å². The Bertz CT molecular complexity index is 803. The van der Waals surface area contributed by atoms with Crippen molar-refractivity contribution < 1.29 is 8.42 Å². The van der Waals surface area contributed by atoms with Gasteiger partial charge in [-0.25, -0.2) is 8.42 Å². The molecule has 1 saturated heterocycles. The molecule has 1 fully saturated rings. The lowest BCUT2D eigenvalue weighted by atomic mass is 9.93. The Hall–Kier alpha value is -1.60. The van der Waals surface area contributed by atoms with Crippen LogP contribution in [0, 0.1) is 12.8 Å². The minimum Gasteiger partial charge on any atom is -0.355 e. The van der Waals surface area contributed by atoms with Crippen molar-refractivity contribution in [3.8, 4) is 0 Å². The zero-order chi connectivity index (χ0) is 20.9. The Kier molecular flexibility index (Phi) is 7.51. The molecule has 1 heterocycles. The molecular weight excluding hydrogens is 372 g/mol. The Balaban J connectivity index is 1.92. The molecule has 1 aromatic carbocycles. The first-order chi connectivity index (χ1) is 13.0. The fraction of sp³-hybridized carbons (Fsp3) is 0.667. The first-order valence-electron chi connectivity index (χ1n) is 10.0. The second kappa shape index (κ2) is 9.27. The van der Waals surface area contributed by atoms with E-state index in [1.165, 1.54) is 19.1 Å². The van der Waals surface area contributed by atoms with Gasteiger partial charge in [0, 0.05) is 38.5 Å². The summed E-state index contributed by atoms with van der Waals surface area (Å²) in [5.41, 5.74) is 1.85. The summed E-state index contributed by atoms with van der Waals surface area (Å²) in [5.74, 6) is 1.51. The van der Waals surface area contributed by atoms with Crippen LogP contribution in [0.25, 0.3) is 0 Å². The van der Waals surface area contributed by atoms with E-state index in [1.54, 1.807) is 13.1 Å². The molecule has 2 rings (SSSR count). The first kappa shape index (κ1) is 22.7. The number of guanidine groups is 1. The predicted octanol–water partition coefficient (Wildman–Crippen LogP) is 2.57. The van der Waals surface area contributed by atoms with Crippen LogP contribution in [0.5, 0.6) is 0 Å². The smallest absolute Gasteiger partial charge is 0.191 e. The van der Waals surface area contributed by atoms with Crippen LogP contribution >= 0.6 is 0 Å². The van der Waals surface area contributed by atoms with Crippen LogP contribution in [0.3, 0.4) is 0 Å². The number of likely N-dealkylation sites (tertiary alicyclic amines) is 1. The van der Waals surface area contributed by atoms with E-state index in [9.17, 15) is 8.42 Å². The summed E-state index contributed by atoms with van der Waals surface area (Å²) in [4.78, 5) is 7.28. The minimum atomic E-state index is -3.19. The quantitative estimate of drug-likeness (QED) is 0.559. The second-order valence-electron chi connectivity index (χ2n) is 8.66. The van der Waals surface area contributed by atoms with Crippen molar-refractivity contribution in [1.82, 2.24) is 15.5 Å². The zero-order valence-corrected chi connectivity index (χ0v) is 19.0. The highest BCUT2D eigenvalue weighted by Crippen LogP contribution is 2.23. The highest BCUT2D eigenvalue weighted by Gasteiger charge is 2.30. The Morgan fingerprint density at radius 2 is 2.04 bits per heavy atom. The Morgan fingerprint density at radius 1 is 1.32 bits per heavy atom. The third-order valence-electron chi connectivity index (χ3n) is 5.52. The van der Waals surface area contributed by atoms with Crippen LogP contribution in [-0.4, -0.2) is 57.8 Å². The predicted molar refractivity (Wildman–Crippen MR) is 117 cm³/mol. The summed E-state index contributed by atoms with van der Waals surface area (Å²) in [7, 11) is -1.42. The van der Waals surface area contributed by atoms with Gasteiger partial charge in [0.15, 0.2) is 15.8 Å². The van der Waals surface area contributed by atoms with Gasteiger partial charge in [-0.1, -0.05) is 19.1 Å². The number of hydrogen-bond acceptors (Lipinski definition) is 4. The van der Waals surface area contributed by atoms with Gasteiger partial charge in [0.05, 0.1) is 4.90 Å². The topological polar surface area (TPSA) is 73.8 Å². The molecule has 28 heavy (non-hydrogen) atoms. The van der Waals surface area contributed by atoms with E-state index in [-0.39, 0.29) is 5.54 Å². The number of piperidine rings is 1. The number of aryl methyl sites for hydroxylation is 1. The molecule has 1 aliphatic rings. The molecule has 0 aromatic heterocycles. The summed E-state index contributed by atoms with van der Waals surface area (Å²) >= 11 is 0. The molecule has 1 aliphatic heterocycles. The van der Waals surface area contributed by atoms with E-state index in [0.717, 1.165) is 42.6 Å². The summed E-state index contributed by atoms with van der Waals surface area (Å²) in [6.07, 6.45) is 3.82. The first-order valence-corrected chi connectivity index (χ1v) is 11.9. The largest absolute Gasteiger partial charge is 0.355 e. The highest BCUT2D eigenvalue weighted by atomic mass is 32.2. The van der Waals surface area contributed by atoms with Crippen molar-refractivity contribution >= 4 is 15.8 Å². The average Bonchev–Trinajstić information content (AvgIpc) is 2.61. The fourth-order valence-corrected chi connectivity index (χ4v) is 4.75. The lowest BCUT2D eigenvalue weighted by molar-refractivity contribution is 0.0739. The van der Waals surface area contributed by atoms with Gasteiger partial charge in [0.25, 0.3) is 0 Å². The van der Waals surface area contributed by atoms with Gasteiger partial charge in [-0.3, -0.25) is 9.89 Å². The van der Waals surface area contributed by atoms with Gasteiger partial charge >= 0.3 is 0 Å². The molecule has 1 atom stereocenters. The maximum absolute atomic E-state index is 11.8. The van der Waals surface area contributed by atoms with Crippen molar-refractivity contribution in [2.45, 2.75) is 57.5 Å². The van der Waals surface area contributed by atoms with Gasteiger partial charge in [-0.15, -0.1) is 0 Å². The van der Waals surface area contributed by atoms with Crippen LogP contribution in [0.2, 0.25) is 0 Å². The number of hydrogen-bond donors (Lipinski definition) is 2. The molecule has 7 heteroatoms. The van der Waals surface area contributed by atoms with E-state index in [0.29, 0.717) is 11.4 Å². The van der Waals surface area contributed by atoms with Crippen LogP contribution in [0.4, 0.5) is 0 Å². The fourth-order valence-electron chi connectivity index (χ4n) is 3.79. The molecule has 0 spiro atoms. The molecular formula is C21H36N4O2S. The monoisotopic (exact) mass is 408 g/mol. The van der Waals surface area contributed by atoms with Crippen molar-refractivity contribution in [3.05, 3.63) is 29.3 Å². The lowest BCUT2D eigenvalue weighted by Crippen LogP contribution is -2.55. The molecule has 1 aromatic rings. The number of rotatable bonds is 6. The molecule has 0 bridgehead atoms. The molecule has 0 aliphatic carbocycles. The third kappa shape index (κ3) is 6.21. The Labute approximate surface area is 170 Å². The van der Waals surface area contributed by atoms with Crippen molar-refractivity contribution in [1.29, 1.82) is 0 Å². The van der Waals surface area contributed by atoms with Crippen LogP contribution in [0.15, 0.2) is 28.1 Å². The number of aliphatic imine (C=N–C) groups is 1.